The predicted molar refractivity (Wildman–Crippen MR) is 60.2 cm³/mol. The van der Waals surface area contributed by atoms with Crippen molar-refractivity contribution in [3.05, 3.63) is 24.0 Å². The van der Waals surface area contributed by atoms with Crippen molar-refractivity contribution in [1.82, 2.24) is 0 Å². The third-order valence-corrected chi connectivity index (χ3v) is 1.70. The Labute approximate surface area is 85.0 Å². The van der Waals surface area contributed by atoms with E-state index in [1.165, 1.54) is 0 Å². The summed E-state index contributed by atoms with van der Waals surface area (Å²) >= 11 is 0. The Hall–Kier alpha value is -1.51. The summed E-state index contributed by atoms with van der Waals surface area (Å²) in [5.74, 6) is 1.74. The summed E-state index contributed by atoms with van der Waals surface area (Å²) in [4.78, 5) is 1.94. The van der Waals surface area contributed by atoms with Gasteiger partial charge < -0.3 is 9.32 Å². The second kappa shape index (κ2) is 4.65. The normalized spacial score (nSPS) is 10.6. The molecule has 0 unspecified atom stereocenters. The number of allylic oxidation sites excluding steroid dienone is 1. The summed E-state index contributed by atoms with van der Waals surface area (Å²) in [5, 5.41) is 0. The molecule has 0 amide bonds. The van der Waals surface area contributed by atoms with E-state index in [9.17, 15) is 0 Å². The van der Waals surface area contributed by atoms with Crippen molar-refractivity contribution < 1.29 is 8.99 Å². The van der Waals surface area contributed by atoms with Crippen LogP contribution in [0.3, 0.4) is 0 Å². The maximum atomic E-state index is 5.53. The summed E-state index contributed by atoms with van der Waals surface area (Å²) in [5.41, 5.74) is 0. The van der Waals surface area contributed by atoms with Gasteiger partial charge in [-0.2, -0.15) is 0 Å². The zero-order chi connectivity index (χ0) is 10.6. The van der Waals surface area contributed by atoms with Gasteiger partial charge in [0.15, 0.2) is 12.1 Å². The van der Waals surface area contributed by atoms with Gasteiger partial charge in [-0.05, 0) is 12.1 Å². The average molecular weight is 193 g/mol. The SMILES string of the molecule is CN(C)c1ccc(C=CC=[N+](C)C)o1. The number of hydrogen-bond donors (Lipinski definition) is 0. The highest BCUT2D eigenvalue weighted by molar-refractivity contribution is 5.73. The first kappa shape index (κ1) is 10.6. The molecule has 0 bridgehead atoms. The minimum absolute atomic E-state index is 0.867. The third-order valence-electron chi connectivity index (χ3n) is 1.70. The molecule has 3 nitrogen and oxygen atoms in total. The monoisotopic (exact) mass is 193 g/mol. The van der Waals surface area contributed by atoms with Gasteiger partial charge in [0, 0.05) is 26.2 Å². The highest BCUT2D eigenvalue weighted by Crippen LogP contribution is 2.16. The van der Waals surface area contributed by atoms with Gasteiger partial charge in [0.2, 0.25) is 0 Å². The minimum Gasteiger partial charge on any atom is -0.441 e. The number of rotatable bonds is 3. The molecule has 0 saturated carbocycles. The number of anilines is 1. The molecule has 0 saturated heterocycles. The van der Waals surface area contributed by atoms with Crippen molar-refractivity contribution in [2.24, 2.45) is 0 Å². The minimum atomic E-state index is 0.867. The van der Waals surface area contributed by atoms with Crippen molar-refractivity contribution in [3.8, 4) is 0 Å². The summed E-state index contributed by atoms with van der Waals surface area (Å²) in [6.07, 6.45) is 5.86. The molecule has 14 heavy (non-hydrogen) atoms. The zero-order valence-corrected chi connectivity index (χ0v) is 9.19. The number of furan rings is 1. The van der Waals surface area contributed by atoms with E-state index >= 15 is 0 Å². The first-order valence-electron chi connectivity index (χ1n) is 4.54. The maximum Gasteiger partial charge on any atom is 0.195 e. The highest BCUT2D eigenvalue weighted by atomic mass is 16.4. The van der Waals surface area contributed by atoms with Gasteiger partial charge >= 0.3 is 0 Å². The molecule has 0 aliphatic rings. The van der Waals surface area contributed by atoms with E-state index in [4.69, 9.17) is 4.42 Å². The molecule has 1 heterocycles. The lowest BCUT2D eigenvalue weighted by atomic mass is 10.4. The Morgan fingerprint density at radius 3 is 2.50 bits per heavy atom. The van der Waals surface area contributed by atoms with Crippen LogP contribution in [0.2, 0.25) is 0 Å². The Bertz CT molecular complexity index is 344. The van der Waals surface area contributed by atoms with Crippen molar-refractivity contribution >= 4 is 18.2 Å². The lowest BCUT2D eigenvalue weighted by Gasteiger charge is -2.05. The summed E-state index contributed by atoms with van der Waals surface area (Å²) in [6, 6.07) is 3.91. The molecule has 0 atom stereocenters. The number of hydrogen-bond acceptors (Lipinski definition) is 2. The Kier molecular flexibility index (Phi) is 3.51. The van der Waals surface area contributed by atoms with E-state index in [2.05, 4.69) is 0 Å². The van der Waals surface area contributed by atoms with E-state index in [-0.39, 0.29) is 0 Å². The molecule has 0 radical (unpaired) electrons. The molecule has 0 aliphatic heterocycles. The molecule has 76 valence electrons. The molecule has 1 rings (SSSR count). The zero-order valence-electron chi connectivity index (χ0n) is 9.19. The summed E-state index contributed by atoms with van der Waals surface area (Å²) in [7, 11) is 7.88. The van der Waals surface area contributed by atoms with Crippen LogP contribution in [0.25, 0.3) is 6.08 Å². The molecule has 0 N–H and O–H groups in total. The van der Waals surface area contributed by atoms with Crippen LogP contribution in [-0.4, -0.2) is 39.0 Å². The van der Waals surface area contributed by atoms with Gasteiger partial charge in [0.05, 0.1) is 0 Å². The topological polar surface area (TPSA) is 19.4 Å². The van der Waals surface area contributed by atoms with Gasteiger partial charge in [0.1, 0.15) is 19.9 Å². The van der Waals surface area contributed by atoms with Crippen LogP contribution in [0.5, 0.6) is 0 Å². The van der Waals surface area contributed by atoms with Crippen molar-refractivity contribution in [2.45, 2.75) is 0 Å². The predicted octanol–water partition coefficient (Wildman–Crippen LogP) is 1.70. The van der Waals surface area contributed by atoms with E-state index in [0.29, 0.717) is 0 Å². The second-order valence-electron chi connectivity index (χ2n) is 3.54. The van der Waals surface area contributed by atoms with Gasteiger partial charge in [-0.15, -0.1) is 0 Å². The summed E-state index contributed by atoms with van der Waals surface area (Å²) in [6.45, 7) is 0. The Morgan fingerprint density at radius 2 is 2.00 bits per heavy atom. The van der Waals surface area contributed by atoms with Crippen LogP contribution in [0.4, 0.5) is 5.88 Å². The van der Waals surface area contributed by atoms with Crippen molar-refractivity contribution in [1.29, 1.82) is 0 Å². The molecule has 3 heteroatoms. The molecular weight excluding hydrogens is 176 g/mol. The fourth-order valence-corrected chi connectivity index (χ4v) is 0.982. The molecule has 1 aromatic heterocycles. The quantitative estimate of drug-likeness (QED) is 0.537. The second-order valence-corrected chi connectivity index (χ2v) is 3.54. The molecule has 0 spiro atoms. The Balaban J connectivity index is 2.69. The van der Waals surface area contributed by atoms with Gasteiger partial charge in [-0.25, -0.2) is 4.58 Å². The van der Waals surface area contributed by atoms with Gasteiger partial charge in [-0.3, -0.25) is 0 Å². The highest BCUT2D eigenvalue weighted by Gasteiger charge is 1.99. The molecule has 0 aromatic carbocycles. The fraction of sp³-hybridized carbons (Fsp3) is 0.364. The molecular formula is C11H17N2O+. The first-order valence-corrected chi connectivity index (χ1v) is 4.54. The lowest BCUT2D eigenvalue weighted by Crippen LogP contribution is -2.06. The summed E-state index contributed by atoms with van der Waals surface area (Å²) < 4.78 is 7.51. The van der Waals surface area contributed by atoms with Crippen molar-refractivity contribution in [3.63, 3.8) is 0 Å². The van der Waals surface area contributed by atoms with Crippen LogP contribution in [0.1, 0.15) is 5.76 Å². The first-order chi connectivity index (χ1) is 6.59. The van der Waals surface area contributed by atoms with Crippen LogP contribution in [0.15, 0.2) is 22.6 Å². The Morgan fingerprint density at radius 1 is 1.29 bits per heavy atom. The smallest absolute Gasteiger partial charge is 0.195 e. The lowest BCUT2D eigenvalue weighted by molar-refractivity contribution is -0.458. The van der Waals surface area contributed by atoms with Crippen LogP contribution >= 0.6 is 0 Å². The molecule has 1 aromatic rings. The molecule has 0 aliphatic carbocycles. The number of nitrogens with zero attached hydrogens (tertiary/aromatic N) is 2. The van der Waals surface area contributed by atoms with Crippen LogP contribution in [0, 0.1) is 0 Å². The van der Waals surface area contributed by atoms with Gasteiger partial charge in [0.25, 0.3) is 0 Å². The van der Waals surface area contributed by atoms with Crippen molar-refractivity contribution in [2.75, 3.05) is 33.1 Å². The maximum absolute atomic E-state index is 5.53. The third kappa shape index (κ3) is 3.09. The molecule has 0 fully saturated rings. The van der Waals surface area contributed by atoms with Crippen LogP contribution in [-0.2, 0) is 0 Å². The standard InChI is InChI=1S/C11H17N2O/c1-12(2)9-5-6-10-7-8-11(14-10)13(3)4/h5-9H,1-4H3/q+1. The van der Waals surface area contributed by atoms with Gasteiger partial charge in [-0.1, -0.05) is 0 Å². The van der Waals surface area contributed by atoms with Crippen LogP contribution < -0.4 is 4.90 Å². The van der Waals surface area contributed by atoms with E-state index in [1.54, 1.807) is 0 Å². The largest absolute Gasteiger partial charge is 0.441 e. The van der Waals surface area contributed by atoms with E-state index in [1.807, 2.05) is 68.2 Å². The van der Waals surface area contributed by atoms with E-state index in [0.717, 1.165) is 11.6 Å². The average Bonchev–Trinajstić information content (AvgIpc) is 2.52. The fourth-order valence-electron chi connectivity index (χ4n) is 0.982. The van der Waals surface area contributed by atoms with E-state index < -0.39 is 0 Å².